The van der Waals surface area contributed by atoms with Crippen LogP contribution in [0.25, 0.3) is 0 Å². The second-order valence-corrected chi connectivity index (χ2v) is 6.61. The molecule has 132 valence electrons. The first kappa shape index (κ1) is 18.1. The SMILES string of the molecule is Cc1ccccc1COc1nn(Cc2ccc(Cl)c(Cl)c2)c(N)c1C#N. The van der Waals surface area contributed by atoms with Crippen molar-refractivity contribution in [2.75, 3.05) is 5.73 Å². The van der Waals surface area contributed by atoms with Crippen LogP contribution in [0.5, 0.6) is 5.88 Å². The van der Waals surface area contributed by atoms with Crippen LogP contribution < -0.4 is 10.5 Å². The summed E-state index contributed by atoms with van der Waals surface area (Å²) in [5, 5.41) is 14.7. The minimum Gasteiger partial charge on any atom is -0.471 e. The van der Waals surface area contributed by atoms with Gasteiger partial charge in [-0.25, -0.2) is 4.68 Å². The molecule has 0 unspecified atom stereocenters. The third kappa shape index (κ3) is 3.77. The van der Waals surface area contributed by atoms with Gasteiger partial charge in [0.25, 0.3) is 5.88 Å². The summed E-state index contributed by atoms with van der Waals surface area (Å²) in [6.45, 7) is 2.66. The number of hydrogen-bond donors (Lipinski definition) is 1. The number of aryl methyl sites for hydroxylation is 1. The minimum absolute atomic E-state index is 0.216. The summed E-state index contributed by atoms with van der Waals surface area (Å²) in [7, 11) is 0. The lowest BCUT2D eigenvalue weighted by atomic mass is 10.1. The Morgan fingerprint density at radius 3 is 2.65 bits per heavy atom. The van der Waals surface area contributed by atoms with Crippen LogP contribution >= 0.6 is 23.2 Å². The van der Waals surface area contributed by atoms with Crippen molar-refractivity contribution in [2.24, 2.45) is 0 Å². The monoisotopic (exact) mass is 386 g/mol. The molecule has 26 heavy (non-hydrogen) atoms. The first-order chi connectivity index (χ1) is 12.5. The first-order valence-corrected chi connectivity index (χ1v) is 8.62. The average Bonchev–Trinajstić information content (AvgIpc) is 2.92. The average molecular weight is 387 g/mol. The van der Waals surface area contributed by atoms with Crippen LogP contribution in [0.1, 0.15) is 22.3 Å². The Bertz CT molecular complexity index is 992. The number of halogens is 2. The molecule has 1 aromatic heterocycles. The number of aromatic nitrogens is 2. The van der Waals surface area contributed by atoms with Gasteiger partial charge in [0.1, 0.15) is 18.5 Å². The summed E-state index contributed by atoms with van der Waals surface area (Å²) in [6, 6.07) is 15.2. The Morgan fingerprint density at radius 2 is 1.96 bits per heavy atom. The molecule has 0 radical (unpaired) electrons. The van der Waals surface area contributed by atoms with Crippen LogP contribution in [0.15, 0.2) is 42.5 Å². The van der Waals surface area contributed by atoms with Gasteiger partial charge >= 0.3 is 0 Å². The number of hydrogen-bond acceptors (Lipinski definition) is 4. The van der Waals surface area contributed by atoms with Crippen molar-refractivity contribution >= 4 is 29.0 Å². The summed E-state index contributed by atoms with van der Waals surface area (Å²) in [5.74, 6) is 0.465. The number of benzene rings is 2. The fraction of sp³-hybridized carbons (Fsp3) is 0.158. The number of ether oxygens (including phenoxy) is 1. The molecule has 2 aromatic carbocycles. The summed E-state index contributed by atoms with van der Waals surface area (Å²) < 4.78 is 7.27. The van der Waals surface area contributed by atoms with E-state index in [2.05, 4.69) is 11.2 Å². The predicted octanol–water partition coefficient (Wildman–Crippen LogP) is 4.58. The van der Waals surface area contributed by atoms with Crippen LogP contribution in [-0.2, 0) is 13.2 Å². The number of nitrogens with zero attached hydrogens (tertiary/aromatic N) is 3. The summed E-state index contributed by atoms with van der Waals surface area (Å²) in [6.07, 6.45) is 0. The largest absolute Gasteiger partial charge is 0.471 e. The Hall–Kier alpha value is -2.68. The maximum absolute atomic E-state index is 9.41. The quantitative estimate of drug-likeness (QED) is 0.695. The molecule has 0 aliphatic rings. The van der Waals surface area contributed by atoms with E-state index in [1.54, 1.807) is 12.1 Å². The molecule has 0 spiro atoms. The second kappa shape index (κ2) is 7.69. The smallest absolute Gasteiger partial charge is 0.253 e. The molecule has 5 nitrogen and oxygen atoms in total. The molecular weight excluding hydrogens is 371 g/mol. The fourth-order valence-corrected chi connectivity index (χ4v) is 2.83. The van der Waals surface area contributed by atoms with Crippen LogP contribution in [0.3, 0.4) is 0 Å². The van der Waals surface area contributed by atoms with Gasteiger partial charge in [0, 0.05) is 0 Å². The van der Waals surface area contributed by atoms with E-state index < -0.39 is 0 Å². The zero-order chi connectivity index (χ0) is 18.7. The van der Waals surface area contributed by atoms with E-state index in [0.29, 0.717) is 23.2 Å². The van der Waals surface area contributed by atoms with Crippen molar-refractivity contribution in [3.8, 4) is 11.9 Å². The number of nitriles is 1. The standard InChI is InChI=1S/C19H16Cl2N4O/c1-12-4-2-3-5-14(12)11-26-19-15(9-22)18(23)25(24-19)10-13-6-7-16(20)17(21)8-13/h2-8H,10-11,23H2,1H3. The van der Waals surface area contributed by atoms with Crippen LogP contribution in [0.2, 0.25) is 10.0 Å². The Labute approximate surface area is 161 Å². The first-order valence-electron chi connectivity index (χ1n) is 7.87. The van der Waals surface area contributed by atoms with Gasteiger partial charge in [0.05, 0.1) is 16.6 Å². The lowest BCUT2D eigenvalue weighted by molar-refractivity contribution is 0.288. The molecule has 7 heteroatoms. The number of nitrogen functional groups attached to an aromatic ring is 1. The summed E-state index contributed by atoms with van der Waals surface area (Å²) >= 11 is 12.0. The normalized spacial score (nSPS) is 10.5. The van der Waals surface area contributed by atoms with Crippen LogP contribution in [0.4, 0.5) is 5.82 Å². The van der Waals surface area contributed by atoms with Gasteiger partial charge in [0.15, 0.2) is 5.56 Å². The Kier molecular flexibility index (Phi) is 5.36. The highest BCUT2D eigenvalue weighted by Gasteiger charge is 2.17. The lowest BCUT2D eigenvalue weighted by Crippen LogP contribution is -2.06. The van der Waals surface area contributed by atoms with Gasteiger partial charge in [0.2, 0.25) is 0 Å². The van der Waals surface area contributed by atoms with Crippen molar-refractivity contribution in [3.05, 3.63) is 74.8 Å². The highest BCUT2D eigenvalue weighted by atomic mass is 35.5. The van der Waals surface area contributed by atoms with Gasteiger partial charge in [-0.3, -0.25) is 0 Å². The maximum atomic E-state index is 9.41. The number of nitrogens with two attached hydrogens (primary N) is 1. The van der Waals surface area contributed by atoms with E-state index in [4.69, 9.17) is 33.7 Å². The molecule has 0 saturated heterocycles. The van der Waals surface area contributed by atoms with Gasteiger partial charge in [-0.15, -0.1) is 5.10 Å². The van der Waals surface area contributed by atoms with Crippen molar-refractivity contribution in [1.29, 1.82) is 5.26 Å². The molecule has 3 rings (SSSR count). The van der Waals surface area contributed by atoms with E-state index in [1.807, 2.05) is 37.3 Å². The molecule has 0 aliphatic heterocycles. The molecule has 2 N–H and O–H groups in total. The number of anilines is 1. The second-order valence-electron chi connectivity index (χ2n) is 5.80. The van der Waals surface area contributed by atoms with Gasteiger partial charge in [-0.1, -0.05) is 53.5 Å². The van der Waals surface area contributed by atoms with Gasteiger partial charge in [-0.2, -0.15) is 5.26 Å². The minimum atomic E-state index is 0.216. The molecule has 0 bridgehead atoms. The van der Waals surface area contributed by atoms with Crippen molar-refractivity contribution in [3.63, 3.8) is 0 Å². The zero-order valence-electron chi connectivity index (χ0n) is 14.0. The molecule has 0 aliphatic carbocycles. The molecule has 0 fully saturated rings. The van der Waals surface area contributed by atoms with E-state index in [1.165, 1.54) is 4.68 Å². The Morgan fingerprint density at radius 1 is 1.19 bits per heavy atom. The molecular formula is C19H16Cl2N4O. The fourth-order valence-electron chi connectivity index (χ4n) is 2.51. The lowest BCUT2D eigenvalue weighted by Gasteiger charge is -2.06. The van der Waals surface area contributed by atoms with E-state index >= 15 is 0 Å². The molecule has 3 aromatic rings. The van der Waals surface area contributed by atoms with Gasteiger partial charge < -0.3 is 10.5 Å². The third-order valence-corrected chi connectivity index (χ3v) is 4.75. The predicted molar refractivity (Wildman–Crippen MR) is 102 cm³/mol. The highest BCUT2D eigenvalue weighted by molar-refractivity contribution is 6.42. The van der Waals surface area contributed by atoms with E-state index in [-0.39, 0.29) is 17.3 Å². The summed E-state index contributed by atoms with van der Waals surface area (Å²) in [5.41, 5.74) is 9.28. The van der Waals surface area contributed by atoms with Crippen molar-refractivity contribution in [1.82, 2.24) is 9.78 Å². The van der Waals surface area contributed by atoms with E-state index in [0.717, 1.165) is 16.7 Å². The van der Waals surface area contributed by atoms with Crippen molar-refractivity contribution < 1.29 is 4.74 Å². The topological polar surface area (TPSA) is 76.9 Å². The zero-order valence-corrected chi connectivity index (χ0v) is 15.6. The van der Waals surface area contributed by atoms with E-state index in [9.17, 15) is 5.26 Å². The van der Waals surface area contributed by atoms with Crippen LogP contribution in [-0.4, -0.2) is 9.78 Å². The maximum Gasteiger partial charge on any atom is 0.253 e. The highest BCUT2D eigenvalue weighted by Crippen LogP contribution is 2.27. The third-order valence-electron chi connectivity index (χ3n) is 4.01. The van der Waals surface area contributed by atoms with Crippen molar-refractivity contribution in [2.45, 2.75) is 20.1 Å². The Balaban J connectivity index is 1.83. The molecule has 1 heterocycles. The van der Waals surface area contributed by atoms with Crippen LogP contribution in [0, 0.1) is 18.3 Å². The summed E-state index contributed by atoms with van der Waals surface area (Å²) in [4.78, 5) is 0. The molecule has 0 amide bonds. The number of rotatable bonds is 5. The molecule has 0 atom stereocenters. The molecule has 0 saturated carbocycles. The van der Waals surface area contributed by atoms with Gasteiger partial charge in [-0.05, 0) is 35.7 Å².